The molecule has 0 radical (unpaired) electrons. The third kappa shape index (κ3) is 3.12. The molecule has 0 aromatic heterocycles. The molecule has 1 aliphatic heterocycles. The van der Waals surface area contributed by atoms with Crippen LogP contribution in [0.5, 0.6) is 0 Å². The lowest BCUT2D eigenvalue weighted by Crippen LogP contribution is -2.48. The molecule has 7 heteroatoms. The molecular weight excluding hydrogens is 208 g/mol. The number of nitrogens with two attached hydrogens (primary N) is 1. The van der Waals surface area contributed by atoms with Crippen LogP contribution in [-0.2, 0) is 9.59 Å². The quantitative estimate of drug-likeness (QED) is 0.634. The Hall–Kier alpha value is -1.24. The van der Waals surface area contributed by atoms with E-state index < -0.39 is 24.8 Å². The molecule has 0 spiro atoms. The van der Waals surface area contributed by atoms with E-state index in [4.69, 9.17) is 5.73 Å². The highest BCUT2D eigenvalue weighted by Crippen LogP contribution is 2.11. The van der Waals surface area contributed by atoms with Crippen molar-refractivity contribution in [3.63, 3.8) is 0 Å². The standard InChI is InChI=1S/C8H13F2N3O2/c9-7(10)8(15)13(4-6(11)14)5-1-2-12-3-5/h5,7,12H,1-4H2,(H2,11,14). The van der Waals surface area contributed by atoms with Gasteiger partial charge in [-0.3, -0.25) is 9.59 Å². The zero-order valence-corrected chi connectivity index (χ0v) is 8.08. The summed E-state index contributed by atoms with van der Waals surface area (Å²) in [5.74, 6) is -2.11. The van der Waals surface area contributed by atoms with Crippen LogP contribution in [0.15, 0.2) is 0 Å². The smallest absolute Gasteiger partial charge is 0.315 e. The van der Waals surface area contributed by atoms with Gasteiger partial charge in [0.2, 0.25) is 5.91 Å². The summed E-state index contributed by atoms with van der Waals surface area (Å²) >= 11 is 0. The number of hydrogen-bond acceptors (Lipinski definition) is 3. The number of amides is 2. The van der Waals surface area contributed by atoms with E-state index >= 15 is 0 Å². The van der Waals surface area contributed by atoms with Gasteiger partial charge in [0.15, 0.2) is 0 Å². The highest BCUT2D eigenvalue weighted by Gasteiger charge is 2.32. The van der Waals surface area contributed by atoms with Crippen LogP contribution in [0.1, 0.15) is 6.42 Å². The predicted molar refractivity (Wildman–Crippen MR) is 48.2 cm³/mol. The Balaban J connectivity index is 2.67. The number of hydrogen-bond donors (Lipinski definition) is 2. The van der Waals surface area contributed by atoms with Gasteiger partial charge >= 0.3 is 6.43 Å². The first kappa shape index (κ1) is 11.8. The molecule has 0 aliphatic carbocycles. The highest BCUT2D eigenvalue weighted by atomic mass is 19.3. The second-order valence-corrected chi connectivity index (χ2v) is 3.38. The van der Waals surface area contributed by atoms with Gasteiger partial charge in [-0.05, 0) is 13.0 Å². The van der Waals surface area contributed by atoms with Crippen molar-refractivity contribution in [2.24, 2.45) is 5.73 Å². The van der Waals surface area contributed by atoms with Gasteiger partial charge in [0.1, 0.15) is 0 Å². The number of alkyl halides is 2. The van der Waals surface area contributed by atoms with Crippen molar-refractivity contribution >= 4 is 11.8 Å². The van der Waals surface area contributed by atoms with Gasteiger partial charge in [-0.25, -0.2) is 0 Å². The summed E-state index contributed by atoms with van der Waals surface area (Å²) in [7, 11) is 0. The van der Waals surface area contributed by atoms with Crippen molar-refractivity contribution in [2.45, 2.75) is 18.9 Å². The number of nitrogens with zero attached hydrogens (tertiary/aromatic N) is 1. The van der Waals surface area contributed by atoms with Crippen LogP contribution in [0.4, 0.5) is 8.78 Å². The van der Waals surface area contributed by atoms with E-state index in [2.05, 4.69) is 5.32 Å². The summed E-state index contributed by atoms with van der Waals surface area (Å²) in [6.45, 7) is 0.623. The van der Waals surface area contributed by atoms with E-state index in [0.29, 0.717) is 19.5 Å². The number of carbonyl (C=O) groups excluding carboxylic acids is 2. The van der Waals surface area contributed by atoms with E-state index in [9.17, 15) is 18.4 Å². The van der Waals surface area contributed by atoms with Crippen molar-refractivity contribution in [1.29, 1.82) is 0 Å². The Morgan fingerprint density at radius 2 is 2.20 bits per heavy atom. The molecule has 5 nitrogen and oxygen atoms in total. The van der Waals surface area contributed by atoms with Crippen molar-refractivity contribution < 1.29 is 18.4 Å². The largest absolute Gasteiger partial charge is 0.368 e. The number of carbonyl (C=O) groups is 2. The number of nitrogens with one attached hydrogen (secondary N) is 1. The molecule has 3 N–H and O–H groups in total. The zero-order chi connectivity index (χ0) is 11.4. The summed E-state index contributed by atoms with van der Waals surface area (Å²) in [6, 6.07) is -0.362. The van der Waals surface area contributed by atoms with Crippen molar-refractivity contribution in [1.82, 2.24) is 10.2 Å². The first-order chi connectivity index (χ1) is 7.02. The van der Waals surface area contributed by atoms with Gasteiger partial charge in [0.25, 0.3) is 5.91 Å². The minimum atomic E-state index is -3.09. The van der Waals surface area contributed by atoms with Crippen LogP contribution in [0, 0.1) is 0 Å². The van der Waals surface area contributed by atoms with E-state index in [1.165, 1.54) is 0 Å². The third-order valence-corrected chi connectivity index (χ3v) is 2.27. The topological polar surface area (TPSA) is 75.4 Å². The van der Waals surface area contributed by atoms with Gasteiger partial charge < -0.3 is 16.0 Å². The lowest BCUT2D eigenvalue weighted by atomic mass is 10.2. The second kappa shape index (κ2) is 5.01. The molecule has 0 saturated carbocycles. The molecule has 15 heavy (non-hydrogen) atoms. The number of rotatable bonds is 4. The van der Waals surface area contributed by atoms with Crippen LogP contribution in [-0.4, -0.2) is 48.8 Å². The molecule has 0 aromatic carbocycles. The molecule has 2 amide bonds. The molecular formula is C8H13F2N3O2. The Bertz CT molecular complexity index is 254. The fraction of sp³-hybridized carbons (Fsp3) is 0.750. The molecule has 1 fully saturated rings. The van der Waals surface area contributed by atoms with Crippen molar-refractivity contribution in [2.75, 3.05) is 19.6 Å². The molecule has 1 heterocycles. The fourth-order valence-corrected chi connectivity index (χ4v) is 1.59. The highest BCUT2D eigenvalue weighted by molar-refractivity contribution is 5.85. The summed E-state index contributed by atoms with van der Waals surface area (Å²) in [4.78, 5) is 22.6. The Labute approximate surface area is 85.6 Å². The monoisotopic (exact) mass is 221 g/mol. The molecule has 0 aromatic rings. The molecule has 1 unspecified atom stereocenters. The second-order valence-electron chi connectivity index (χ2n) is 3.38. The lowest BCUT2D eigenvalue weighted by Gasteiger charge is -2.26. The molecule has 86 valence electrons. The maximum absolute atomic E-state index is 12.2. The minimum absolute atomic E-state index is 0.362. The molecule has 1 saturated heterocycles. The predicted octanol–water partition coefficient (Wildman–Crippen LogP) is -1.07. The maximum Gasteiger partial charge on any atom is 0.315 e. The van der Waals surface area contributed by atoms with Gasteiger partial charge in [-0.2, -0.15) is 8.78 Å². The van der Waals surface area contributed by atoms with E-state index in [0.717, 1.165) is 4.90 Å². The molecule has 0 bridgehead atoms. The normalized spacial score (nSPS) is 20.6. The average molecular weight is 221 g/mol. The van der Waals surface area contributed by atoms with Crippen LogP contribution in [0.25, 0.3) is 0 Å². The van der Waals surface area contributed by atoms with Gasteiger partial charge in [0, 0.05) is 12.6 Å². The first-order valence-electron chi connectivity index (χ1n) is 4.60. The van der Waals surface area contributed by atoms with E-state index in [-0.39, 0.29) is 6.04 Å². The Kier molecular flexibility index (Phi) is 3.96. The van der Waals surface area contributed by atoms with Crippen LogP contribution < -0.4 is 11.1 Å². The number of halogens is 2. The number of primary amides is 1. The SMILES string of the molecule is NC(=O)CN(C(=O)C(F)F)C1CCNC1. The minimum Gasteiger partial charge on any atom is -0.368 e. The van der Waals surface area contributed by atoms with Gasteiger partial charge in [-0.1, -0.05) is 0 Å². The Morgan fingerprint density at radius 3 is 2.60 bits per heavy atom. The van der Waals surface area contributed by atoms with Crippen LogP contribution in [0.2, 0.25) is 0 Å². The zero-order valence-electron chi connectivity index (χ0n) is 8.08. The third-order valence-electron chi connectivity index (χ3n) is 2.27. The van der Waals surface area contributed by atoms with Crippen molar-refractivity contribution in [3.8, 4) is 0 Å². The van der Waals surface area contributed by atoms with Gasteiger partial charge in [-0.15, -0.1) is 0 Å². The maximum atomic E-state index is 12.2. The van der Waals surface area contributed by atoms with Crippen LogP contribution in [0.3, 0.4) is 0 Å². The van der Waals surface area contributed by atoms with Crippen LogP contribution >= 0.6 is 0 Å². The average Bonchev–Trinajstić information content (AvgIpc) is 2.65. The Morgan fingerprint density at radius 1 is 1.53 bits per heavy atom. The van der Waals surface area contributed by atoms with E-state index in [1.807, 2.05) is 0 Å². The molecule has 1 atom stereocenters. The molecule has 1 rings (SSSR count). The lowest BCUT2D eigenvalue weighted by molar-refractivity contribution is -0.147. The van der Waals surface area contributed by atoms with Crippen molar-refractivity contribution in [3.05, 3.63) is 0 Å². The van der Waals surface area contributed by atoms with E-state index in [1.54, 1.807) is 0 Å². The summed E-state index contributed by atoms with van der Waals surface area (Å²) < 4.78 is 24.4. The summed E-state index contributed by atoms with van der Waals surface area (Å²) in [6.07, 6.45) is -2.53. The first-order valence-corrected chi connectivity index (χ1v) is 4.60. The summed E-state index contributed by atoms with van der Waals surface area (Å²) in [5, 5.41) is 2.93. The fourth-order valence-electron chi connectivity index (χ4n) is 1.59. The molecule has 1 aliphatic rings. The van der Waals surface area contributed by atoms with Gasteiger partial charge in [0.05, 0.1) is 6.54 Å². The summed E-state index contributed by atoms with van der Waals surface area (Å²) in [5.41, 5.74) is 4.90.